The molecule has 6 heteroatoms. The number of hydrogen-bond acceptors (Lipinski definition) is 5. The van der Waals surface area contributed by atoms with Crippen molar-refractivity contribution in [1.29, 1.82) is 5.26 Å². The van der Waals surface area contributed by atoms with E-state index in [1.54, 1.807) is 4.90 Å². The van der Waals surface area contributed by atoms with Crippen LogP contribution >= 0.6 is 0 Å². The minimum Gasteiger partial charge on any atom is -0.379 e. The molecule has 1 saturated heterocycles. The summed E-state index contributed by atoms with van der Waals surface area (Å²) in [6.07, 6.45) is 0.347. The van der Waals surface area contributed by atoms with Gasteiger partial charge in [-0.2, -0.15) is 5.26 Å². The van der Waals surface area contributed by atoms with Crippen LogP contribution in [0.1, 0.15) is 20.3 Å². The molecule has 0 spiro atoms. The second-order valence-corrected chi connectivity index (χ2v) is 5.46. The van der Waals surface area contributed by atoms with Crippen LogP contribution in [0.3, 0.4) is 0 Å². The third-order valence-electron chi connectivity index (χ3n) is 3.60. The highest BCUT2D eigenvalue weighted by Crippen LogP contribution is 2.05. The molecular formula is C14H26N4O2. The van der Waals surface area contributed by atoms with Gasteiger partial charge in [-0.25, -0.2) is 0 Å². The fourth-order valence-corrected chi connectivity index (χ4v) is 2.10. The number of ether oxygens (including phenoxy) is 1. The average molecular weight is 282 g/mol. The Bertz CT molecular complexity index is 335. The molecular weight excluding hydrogens is 256 g/mol. The normalized spacial score (nSPS) is 17.8. The lowest BCUT2D eigenvalue weighted by Crippen LogP contribution is -2.50. The molecule has 0 aliphatic carbocycles. The first-order chi connectivity index (χ1) is 9.56. The SMILES string of the molecule is CC(C)C(N)C(=O)N(CCC#N)CCN1CCOCC1. The van der Waals surface area contributed by atoms with Crippen molar-refractivity contribution in [3.8, 4) is 6.07 Å². The van der Waals surface area contributed by atoms with Gasteiger partial charge in [-0.1, -0.05) is 13.8 Å². The van der Waals surface area contributed by atoms with Crippen molar-refractivity contribution < 1.29 is 9.53 Å². The van der Waals surface area contributed by atoms with Crippen LogP contribution in [0.4, 0.5) is 0 Å². The molecule has 1 fully saturated rings. The first-order valence-electron chi connectivity index (χ1n) is 7.27. The predicted octanol–water partition coefficient (Wildman–Crippen LogP) is 0.0442. The Hall–Kier alpha value is -1.16. The van der Waals surface area contributed by atoms with Crippen LogP contribution < -0.4 is 5.73 Å². The Morgan fingerprint density at radius 2 is 2.05 bits per heavy atom. The third-order valence-corrected chi connectivity index (χ3v) is 3.60. The molecule has 1 unspecified atom stereocenters. The number of hydrogen-bond donors (Lipinski definition) is 1. The summed E-state index contributed by atoms with van der Waals surface area (Å²) in [5, 5.41) is 8.72. The van der Waals surface area contributed by atoms with Crippen molar-refractivity contribution in [3.63, 3.8) is 0 Å². The summed E-state index contributed by atoms with van der Waals surface area (Å²) >= 11 is 0. The Morgan fingerprint density at radius 1 is 1.40 bits per heavy atom. The van der Waals surface area contributed by atoms with Gasteiger partial charge < -0.3 is 15.4 Å². The van der Waals surface area contributed by atoms with Crippen LogP contribution in [0, 0.1) is 17.2 Å². The third kappa shape index (κ3) is 5.45. The van der Waals surface area contributed by atoms with E-state index in [-0.39, 0.29) is 11.8 Å². The van der Waals surface area contributed by atoms with Crippen LogP contribution in [-0.4, -0.2) is 67.7 Å². The van der Waals surface area contributed by atoms with Gasteiger partial charge in [0.1, 0.15) is 0 Å². The molecule has 2 N–H and O–H groups in total. The van der Waals surface area contributed by atoms with E-state index in [1.165, 1.54) is 0 Å². The van der Waals surface area contributed by atoms with E-state index in [2.05, 4.69) is 11.0 Å². The summed E-state index contributed by atoms with van der Waals surface area (Å²) in [4.78, 5) is 16.3. The van der Waals surface area contributed by atoms with Gasteiger partial charge in [0, 0.05) is 32.7 Å². The van der Waals surface area contributed by atoms with E-state index in [0.29, 0.717) is 19.5 Å². The van der Waals surface area contributed by atoms with Crippen LogP contribution in [0.2, 0.25) is 0 Å². The zero-order valence-corrected chi connectivity index (χ0v) is 12.5. The molecule has 1 rings (SSSR count). The lowest BCUT2D eigenvalue weighted by molar-refractivity contribution is -0.133. The zero-order chi connectivity index (χ0) is 15.0. The van der Waals surface area contributed by atoms with E-state index < -0.39 is 6.04 Å². The number of nitrogens with two attached hydrogens (primary N) is 1. The lowest BCUT2D eigenvalue weighted by Gasteiger charge is -2.31. The largest absolute Gasteiger partial charge is 0.379 e. The van der Waals surface area contributed by atoms with Crippen molar-refractivity contribution >= 4 is 5.91 Å². The maximum absolute atomic E-state index is 12.3. The summed E-state index contributed by atoms with van der Waals surface area (Å²) in [5.41, 5.74) is 5.93. The summed E-state index contributed by atoms with van der Waals surface area (Å²) in [7, 11) is 0. The van der Waals surface area contributed by atoms with Crippen molar-refractivity contribution in [1.82, 2.24) is 9.80 Å². The molecule has 114 valence electrons. The van der Waals surface area contributed by atoms with Crippen LogP contribution in [0.5, 0.6) is 0 Å². The van der Waals surface area contributed by atoms with Gasteiger partial charge in [0.2, 0.25) is 5.91 Å². The molecule has 1 aliphatic rings. The molecule has 1 atom stereocenters. The van der Waals surface area contributed by atoms with Crippen LogP contribution in [-0.2, 0) is 9.53 Å². The minimum atomic E-state index is -0.488. The van der Waals surface area contributed by atoms with E-state index in [4.69, 9.17) is 15.7 Å². The first kappa shape index (κ1) is 16.9. The summed E-state index contributed by atoms with van der Waals surface area (Å²) in [6.45, 7) is 9.06. The van der Waals surface area contributed by atoms with E-state index >= 15 is 0 Å². The molecule has 0 radical (unpaired) electrons. The average Bonchev–Trinajstić information content (AvgIpc) is 2.47. The second kappa shape index (κ2) is 8.90. The van der Waals surface area contributed by atoms with Gasteiger partial charge in [-0.15, -0.1) is 0 Å². The molecule has 0 aromatic carbocycles. The Kier molecular flexibility index (Phi) is 7.52. The Morgan fingerprint density at radius 3 is 2.60 bits per heavy atom. The van der Waals surface area contributed by atoms with Crippen LogP contribution in [0.25, 0.3) is 0 Å². The van der Waals surface area contributed by atoms with Crippen LogP contribution in [0.15, 0.2) is 0 Å². The van der Waals surface area contributed by atoms with Crippen molar-refractivity contribution in [2.24, 2.45) is 11.7 Å². The predicted molar refractivity (Wildman–Crippen MR) is 76.9 cm³/mol. The quantitative estimate of drug-likeness (QED) is 0.713. The van der Waals surface area contributed by atoms with Gasteiger partial charge in [0.15, 0.2) is 0 Å². The second-order valence-electron chi connectivity index (χ2n) is 5.46. The minimum absolute atomic E-state index is 0.0523. The highest BCUT2D eigenvalue weighted by molar-refractivity contribution is 5.81. The van der Waals surface area contributed by atoms with Crippen molar-refractivity contribution in [2.45, 2.75) is 26.3 Å². The smallest absolute Gasteiger partial charge is 0.239 e. The first-order valence-corrected chi connectivity index (χ1v) is 7.27. The molecule has 1 heterocycles. The number of rotatable bonds is 7. The van der Waals surface area contributed by atoms with E-state index in [9.17, 15) is 4.79 Å². The summed E-state index contributed by atoms with van der Waals surface area (Å²) in [5.74, 6) is 0.0546. The number of carbonyl (C=O) groups excluding carboxylic acids is 1. The summed E-state index contributed by atoms with van der Waals surface area (Å²) in [6, 6.07) is 1.60. The number of morpholine rings is 1. The molecule has 1 aliphatic heterocycles. The molecule has 1 amide bonds. The van der Waals surface area contributed by atoms with Gasteiger partial charge in [-0.05, 0) is 5.92 Å². The van der Waals surface area contributed by atoms with Gasteiger partial charge in [0.05, 0.1) is 31.7 Å². The lowest BCUT2D eigenvalue weighted by atomic mass is 10.0. The maximum atomic E-state index is 12.3. The van der Waals surface area contributed by atoms with Gasteiger partial charge in [-0.3, -0.25) is 9.69 Å². The Balaban J connectivity index is 2.50. The standard InChI is InChI=1S/C14H26N4O2/c1-12(2)13(16)14(19)18(5-3-4-15)7-6-17-8-10-20-11-9-17/h12-13H,3,5-11,16H2,1-2H3. The van der Waals surface area contributed by atoms with E-state index in [0.717, 1.165) is 32.8 Å². The molecule has 20 heavy (non-hydrogen) atoms. The maximum Gasteiger partial charge on any atom is 0.239 e. The highest BCUT2D eigenvalue weighted by atomic mass is 16.5. The van der Waals surface area contributed by atoms with Crippen molar-refractivity contribution in [3.05, 3.63) is 0 Å². The number of amides is 1. The molecule has 0 aromatic rings. The topological polar surface area (TPSA) is 82.6 Å². The monoisotopic (exact) mass is 282 g/mol. The van der Waals surface area contributed by atoms with Gasteiger partial charge in [0.25, 0.3) is 0 Å². The fourth-order valence-electron chi connectivity index (χ4n) is 2.10. The van der Waals surface area contributed by atoms with Gasteiger partial charge >= 0.3 is 0 Å². The summed E-state index contributed by atoms with van der Waals surface area (Å²) < 4.78 is 5.30. The molecule has 0 aromatic heterocycles. The molecule has 6 nitrogen and oxygen atoms in total. The number of carbonyl (C=O) groups is 1. The fraction of sp³-hybridized carbons (Fsp3) is 0.857. The highest BCUT2D eigenvalue weighted by Gasteiger charge is 2.24. The molecule has 0 bridgehead atoms. The Labute approximate surface area is 121 Å². The van der Waals surface area contributed by atoms with Crippen molar-refractivity contribution in [2.75, 3.05) is 45.9 Å². The zero-order valence-electron chi connectivity index (χ0n) is 12.5. The number of nitriles is 1. The van der Waals surface area contributed by atoms with E-state index in [1.807, 2.05) is 13.8 Å². The molecule has 0 saturated carbocycles. The number of nitrogens with zero attached hydrogens (tertiary/aromatic N) is 3.